The lowest BCUT2D eigenvalue weighted by Gasteiger charge is -2.11. The van der Waals surface area contributed by atoms with Crippen molar-refractivity contribution in [2.75, 3.05) is 13.1 Å². The Balaban J connectivity index is 2.00. The van der Waals surface area contributed by atoms with Gasteiger partial charge in [0.15, 0.2) is 5.03 Å². The van der Waals surface area contributed by atoms with E-state index in [9.17, 15) is 8.42 Å². The Morgan fingerprint density at radius 3 is 3.06 bits per heavy atom. The molecule has 16 heavy (non-hydrogen) atoms. The minimum Gasteiger partial charge on any atom is -0.313 e. The van der Waals surface area contributed by atoms with Gasteiger partial charge in [0.05, 0.1) is 6.20 Å². The number of hydrogen-bond acceptors (Lipinski definition) is 5. The highest BCUT2D eigenvalue weighted by Gasteiger charge is 2.21. The zero-order chi connectivity index (χ0) is 11.6. The lowest BCUT2D eigenvalue weighted by molar-refractivity contribution is 0.539. The van der Waals surface area contributed by atoms with Crippen molar-refractivity contribution in [1.82, 2.24) is 25.0 Å². The van der Waals surface area contributed by atoms with Crippen molar-refractivity contribution in [3.05, 3.63) is 6.20 Å². The largest absolute Gasteiger partial charge is 0.313 e. The van der Waals surface area contributed by atoms with Crippen molar-refractivity contribution in [1.29, 1.82) is 0 Å². The number of aromatic nitrogens is 3. The summed E-state index contributed by atoms with van der Waals surface area (Å²) in [6.07, 6.45) is 3.34. The summed E-state index contributed by atoms with van der Waals surface area (Å²) in [5, 5.41) is 10.5. The van der Waals surface area contributed by atoms with E-state index in [-0.39, 0.29) is 11.1 Å². The van der Waals surface area contributed by atoms with Gasteiger partial charge in [-0.15, -0.1) is 5.10 Å². The second-order valence-electron chi connectivity index (χ2n) is 3.84. The molecule has 7 nitrogen and oxygen atoms in total. The Hall–Kier alpha value is -0.990. The molecule has 1 fully saturated rings. The van der Waals surface area contributed by atoms with E-state index >= 15 is 0 Å². The number of rotatable bonds is 4. The summed E-state index contributed by atoms with van der Waals surface area (Å²) >= 11 is 0. The average Bonchev–Trinajstić information content (AvgIpc) is 2.85. The lowest BCUT2D eigenvalue weighted by atomic mass is 10.2. The molecule has 0 spiro atoms. The number of nitrogens with one attached hydrogen (secondary N) is 2. The zero-order valence-electron chi connectivity index (χ0n) is 9.05. The lowest BCUT2D eigenvalue weighted by Crippen LogP contribution is -2.37. The minimum atomic E-state index is -3.49. The Morgan fingerprint density at radius 1 is 1.69 bits per heavy atom. The highest BCUT2D eigenvalue weighted by Crippen LogP contribution is 2.07. The van der Waals surface area contributed by atoms with Crippen molar-refractivity contribution in [2.45, 2.75) is 23.9 Å². The first-order valence-electron chi connectivity index (χ1n) is 5.17. The molecule has 0 saturated carbocycles. The second-order valence-corrected chi connectivity index (χ2v) is 5.55. The van der Waals surface area contributed by atoms with Crippen molar-refractivity contribution >= 4 is 10.0 Å². The zero-order valence-corrected chi connectivity index (χ0v) is 9.87. The molecule has 0 aromatic carbocycles. The van der Waals surface area contributed by atoms with E-state index < -0.39 is 10.0 Å². The SMILES string of the molecule is Cn1nncc1S(=O)(=O)NCC1CCCN1. The molecule has 1 aliphatic rings. The highest BCUT2D eigenvalue weighted by atomic mass is 32.2. The smallest absolute Gasteiger partial charge is 0.259 e. The van der Waals surface area contributed by atoms with E-state index in [1.54, 1.807) is 7.05 Å². The second kappa shape index (κ2) is 4.48. The van der Waals surface area contributed by atoms with Crippen LogP contribution in [0.3, 0.4) is 0 Å². The van der Waals surface area contributed by atoms with Gasteiger partial charge >= 0.3 is 0 Å². The van der Waals surface area contributed by atoms with Gasteiger partial charge in [0.1, 0.15) is 0 Å². The van der Waals surface area contributed by atoms with Crippen molar-refractivity contribution in [3.8, 4) is 0 Å². The summed E-state index contributed by atoms with van der Waals surface area (Å²) in [6, 6.07) is 0.232. The van der Waals surface area contributed by atoms with Crippen molar-refractivity contribution in [3.63, 3.8) is 0 Å². The maximum absolute atomic E-state index is 11.8. The molecule has 2 heterocycles. The van der Waals surface area contributed by atoms with Gasteiger partial charge in [-0.25, -0.2) is 17.8 Å². The van der Waals surface area contributed by atoms with Crippen LogP contribution < -0.4 is 10.0 Å². The molecule has 2 N–H and O–H groups in total. The Bertz CT molecular complexity index is 449. The van der Waals surface area contributed by atoms with E-state index in [0.717, 1.165) is 19.4 Å². The highest BCUT2D eigenvalue weighted by molar-refractivity contribution is 7.89. The fourth-order valence-electron chi connectivity index (χ4n) is 1.74. The van der Waals surface area contributed by atoms with Crippen LogP contribution in [0.1, 0.15) is 12.8 Å². The number of sulfonamides is 1. The molecular weight excluding hydrogens is 230 g/mol. The third kappa shape index (κ3) is 2.39. The fraction of sp³-hybridized carbons (Fsp3) is 0.750. The van der Waals surface area contributed by atoms with Crippen LogP contribution in [0.4, 0.5) is 0 Å². The summed E-state index contributed by atoms with van der Waals surface area (Å²) in [6.45, 7) is 1.37. The molecule has 0 amide bonds. The maximum Gasteiger partial charge on any atom is 0.259 e. The Kier molecular flexibility index (Phi) is 3.22. The molecule has 1 aliphatic heterocycles. The van der Waals surface area contributed by atoms with E-state index in [1.807, 2.05) is 0 Å². The third-order valence-electron chi connectivity index (χ3n) is 2.63. The summed E-state index contributed by atoms with van der Waals surface area (Å²) in [5.74, 6) is 0. The van der Waals surface area contributed by atoms with Gasteiger partial charge in [-0.1, -0.05) is 5.21 Å². The van der Waals surface area contributed by atoms with Gasteiger partial charge in [-0.05, 0) is 19.4 Å². The topological polar surface area (TPSA) is 88.9 Å². The summed E-state index contributed by atoms with van der Waals surface area (Å²) < 4.78 is 27.5. The number of nitrogens with zero attached hydrogens (tertiary/aromatic N) is 3. The van der Waals surface area contributed by atoms with Gasteiger partial charge in [0, 0.05) is 19.6 Å². The molecule has 1 aromatic rings. The van der Waals surface area contributed by atoms with Gasteiger partial charge in [-0.2, -0.15) is 0 Å². The van der Waals surface area contributed by atoms with Crippen LogP contribution in [0, 0.1) is 0 Å². The van der Waals surface area contributed by atoms with Crippen LogP contribution in [0.25, 0.3) is 0 Å². The van der Waals surface area contributed by atoms with Gasteiger partial charge < -0.3 is 5.32 Å². The summed E-state index contributed by atoms with van der Waals surface area (Å²) in [5.41, 5.74) is 0. The molecule has 8 heteroatoms. The first kappa shape index (κ1) is 11.5. The van der Waals surface area contributed by atoms with Crippen LogP contribution in [-0.2, 0) is 17.1 Å². The summed E-state index contributed by atoms with van der Waals surface area (Å²) in [7, 11) is -1.94. The van der Waals surface area contributed by atoms with Gasteiger partial charge in [-0.3, -0.25) is 0 Å². The van der Waals surface area contributed by atoms with Crippen LogP contribution in [0.2, 0.25) is 0 Å². The molecule has 1 atom stereocenters. The normalized spacial score (nSPS) is 21.4. The van der Waals surface area contributed by atoms with Crippen LogP contribution in [0.15, 0.2) is 11.2 Å². The predicted octanol–water partition coefficient (Wildman–Crippen LogP) is -1.15. The molecule has 1 unspecified atom stereocenters. The molecule has 0 bridgehead atoms. The van der Waals surface area contributed by atoms with Crippen LogP contribution in [0.5, 0.6) is 0 Å². The number of hydrogen-bond donors (Lipinski definition) is 2. The maximum atomic E-state index is 11.8. The average molecular weight is 245 g/mol. The predicted molar refractivity (Wildman–Crippen MR) is 57.2 cm³/mol. The van der Waals surface area contributed by atoms with E-state index in [1.165, 1.54) is 10.9 Å². The fourth-order valence-corrected chi connectivity index (χ4v) is 2.88. The molecule has 1 aromatic heterocycles. The Labute approximate surface area is 94.3 Å². The van der Waals surface area contributed by atoms with Gasteiger partial charge in [0.25, 0.3) is 10.0 Å². The standard InChI is InChI=1S/C8H15N5O2S/c1-13-8(6-10-12-13)16(14,15)11-5-7-3-2-4-9-7/h6-7,9,11H,2-5H2,1H3. The minimum absolute atomic E-state index is 0.0884. The van der Waals surface area contributed by atoms with Crippen LogP contribution in [-0.4, -0.2) is 42.5 Å². The molecular formula is C8H15N5O2S. The van der Waals surface area contributed by atoms with Crippen molar-refractivity contribution in [2.24, 2.45) is 7.05 Å². The molecule has 0 aliphatic carbocycles. The molecule has 2 rings (SSSR count). The van der Waals surface area contributed by atoms with Gasteiger partial charge in [0.2, 0.25) is 0 Å². The number of aryl methyl sites for hydroxylation is 1. The molecule has 0 radical (unpaired) electrons. The first-order valence-corrected chi connectivity index (χ1v) is 6.65. The Morgan fingerprint density at radius 2 is 2.50 bits per heavy atom. The quantitative estimate of drug-likeness (QED) is 0.699. The monoisotopic (exact) mass is 245 g/mol. The van der Waals surface area contributed by atoms with E-state index in [4.69, 9.17) is 0 Å². The van der Waals surface area contributed by atoms with E-state index in [2.05, 4.69) is 20.4 Å². The summed E-state index contributed by atoms with van der Waals surface area (Å²) in [4.78, 5) is 0. The van der Waals surface area contributed by atoms with Crippen LogP contribution >= 0.6 is 0 Å². The van der Waals surface area contributed by atoms with E-state index in [0.29, 0.717) is 6.54 Å². The molecule has 90 valence electrons. The third-order valence-corrected chi connectivity index (χ3v) is 4.10. The van der Waals surface area contributed by atoms with Crippen molar-refractivity contribution < 1.29 is 8.42 Å². The first-order chi connectivity index (χ1) is 7.59. The molecule has 1 saturated heterocycles.